The van der Waals surface area contributed by atoms with Crippen molar-refractivity contribution < 1.29 is 5.11 Å². The zero-order valence-corrected chi connectivity index (χ0v) is 13.5. The zero-order chi connectivity index (χ0) is 14.0. The van der Waals surface area contributed by atoms with E-state index in [-0.39, 0.29) is 18.1 Å². The number of aliphatic hydroxyl groups is 1. The van der Waals surface area contributed by atoms with Gasteiger partial charge >= 0.3 is 0 Å². The van der Waals surface area contributed by atoms with Gasteiger partial charge in [0.1, 0.15) is 0 Å². The van der Waals surface area contributed by atoms with Crippen LogP contribution in [0, 0.1) is 12.3 Å². The van der Waals surface area contributed by atoms with Crippen LogP contribution in [-0.2, 0) is 0 Å². The molecule has 3 nitrogen and oxygen atoms in total. The minimum atomic E-state index is 0.136. The molecule has 1 aromatic carbocycles. The number of halogens is 1. The van der Waals surface area contributed by atoms with Gasteiger partial charge in [0.15, 0.2) is 0 Å². The second kappa shape index (κ2) is 5.81. The molecule has 1 aliphatic heterocycles. The van der Waals surface area contributed by atoms with Gasteiger partial charge in [0, 0.05) is 29.8 Å². The van der Waals surface area contributed by atoms with Crippen LogP contribution in [0.2, 0.25) is 0 Å². The second-order valence-corrected chi connectivity index (χ2v) is 7.05. The van der Waals surface area contributed by atoms with Gasteiger partial charge in [-0.2, -0.15) is 0 Å². The Morgan fingerprint density at radius 2 is 2.21 bits per heavy atom. The zero-order valence-electron chi connectivity index (χ0n) is 11.9. The molecular weight excluding hydrogens is 304 g/mol. The number of aryl methyl sites for hydroxylation is 1. The summed E-state index contributed by atoms with van der Waals surface area (Å²) in [4.78, 5) is 2.32. The number of rotatable bonds is 2. The van der Waals surface area contributed by atoms with E-state index >= 15 is 0 Å². The standard InChI is InChI=1S/C15H23BrN2O/c1-11-4-5-12(6-14(11)16)18-10-15(2,3)9-17-7-13(18)8-19/h4-6,13,17,19H,7-10H2,1-3H3. The highest BCUT2D eigenvalue weighted by molar-refractivity contribution is 9.10. The van der Waals surface area contributed by atoms with Crippen molar-refractivity contribution in [3.63, 3.8) is 0 Å². The fraction of sp³-hybridized carbons (Fsp3) is 0.600. The lowest BCUT2D eigenvalue weighted by Crippen LogP contribution is -2.44. The molecule has 0 aliphatic carbocycles. The second-order valence-electron chi connectivity index (χ2n) is 6.19. The first-order valence-corrected chi connectivity index (χ1v) is 7.56. The number of benzene rings is 1. The van der Waals surface area contributed by atoms with Crippen LogP contribution in [0.3, 0.4) is 0 Å². The van der Waals surface area contributed by atoms with Crippen LogP contribution in [0.5, 0.6) is 0 Å². The first-order valence-electron chi connectivity index (χ1n) is 6.77. The first-order chi connectivity index (χ1) is 8.93. The first kappa shape index (κ1) is 14.8. The maximum Gasteiger partial charge on any atom is 0.0647 e. The smallest absolute Gasteiger partial charge is 0.0647 e. The Kier molecular flexibility index (Phi) is 4.54. The molecule has 1 saturated heterocycles. The van der Waals surface area contributed by atoms with Gasteiger partial charge < -0.3 is 15.3 Å². The average molecular weight is 327 g/mol. The van der Waals surface area contributed by atoms with Gasteiger partial charge in [-0.15, -0.1) is 0 Å². The minimum Gasteiger partial charge on any atom is -0.394 e. The molecular formula is C15H23BrN2O. The van der Waals surface area contributed by atoms with E-state index in [4.69, 9.17) is 0 Å². The van der Waals surface area contributed by atoms with Crippen LogP contribution in [0.15, 0.2) is 22.7 Å². The third kappa shape index (κ3) is 3.50. The summed E-state index contributed by atoms with van der Waals surface area (Å²) >= 11 is 3.60. The SMILES string of the molecule is Cc1ccc(N2CC(C)(C)CNCC2CO)cc1Br. The van der Waals surface area contributed by atoms with Gasteiger partial charge in [-0.05, 0) is 30.0 Å². The molecule has 1 atom stereocenters. The summed E-state index contributed by atoms with van der Waals surface area (Å²) in [6.45, 7) is 9.53. The highest BCUT2D eigenvalue weighted by Gasteiger charge is 2.30. The molecule has 1 fully saturated rings. The summed E-state index contributed by atoms with van der Waals surface area (Å²) in [7, 11) is 0. The molecule has 0 spiro atoms. The fourth-order valence-corrected chi connectivity index (χ4v) is 2.93. The van der Waals surface area contributed by atoms with Gasteiger partial charge in [-0.25, -0.2) is 0 Å². The van der Waals surface area contributed by atoms with Gasteiger partial charge in [-0.1, -0.05) is 35.8 Å². The molecule has 19 heavy (non-hydrogen) atoms. The third-order valence-corrected chi connectivity index (χ3v) is 4.57. The van der Waals surface area contributed by atoms with E-state index in [0.29, 0.717) is 0 Å². The van der Waals surface area contributed by atoms with Crippen molar-refractivity contribution >= 4 is 21.6 Å². The largest absolute Gasteiger partial charge is 0.394 e. The van der Waals surface area contributed by atoms with E-state index in [2.05, 4.69) is 65.1 Å². The number of aliphatic hydroxyl groups excluding tert-OH is 1. The van der Waals surface area contributed by atoms with E-state index < -0.39 is 0 Å². The fourth-order valence-electron chi connectivity index (χ4n) is 2.56. The van der Waals surface area contributed by atoms with Crippen LogP contribution in [0.4, 0.5) is 5.69 Å². The molecule has 1 unspecified atom stereocenters. The summed E-state index contributed by atoms with van der Waals surface area (Å²) in [5.74, 6) is 0. The molecule has 1 aliphatic rings. The normalized spacial score (nSPS) is 23.2. The van der Waals surface area contributed by atoms with Gasteiger partial charge in [0.25, 0.3) is 0 Å². The minimum absolute atomic E-state index is 0.136. The Hall–Kier alpha value is -0.580. The maximum absolute atomic E-state index is 9.65. The Bertz CT molecular complexity index is 448. The number of nitrogens with one attached hydrogen (secondary N) is 1. The van der Waals surface area contributed by atoms with Crippen LogP contribution in [-0.4, -0.2) is 37.4 Å². The van der Waals surface area contributed by atoms with Crippen LogP contribution >= 0.6 is 15.9 Å². The number of anilines is 1. The summed E-state index contributed by atoms with van der Waals surface area (Å²) in [6, 6.07) is 6.55. The van der Waals surface area contributed by atoms with Crippen molar-refractivity contribution in [1.82, 2.24) is 5.32 Å². The summed E-state index contributed by atoms with van der Waals surface area (Å²) in [5, 5.41) is 13.1. The molecule has 1 aromatic rings. The van der Waals surface area contributed by atoms with E-state index in [1.165, 1.54) is 11.3 Å². The highest BCUT2D eigenvalue weighted by Crippen LogP contribution is 2.29. The lowest BCUT2D eigenvalue weighted by atomic mass is 9.93. The summed E-state index contributed by atoms with van der Waals surface area (Å²) < 4.78 is 1.12. The number of hydrogen-bond donors (Lipinski definition) is 2. The molecule has 0 bridgehead atoms. The molecule has 1 heterocycles. The summed E-state index contributed by atoms with van der Waals surface area (Å²) in [6.07, 6.45) is 0. The average Bonchev–Trinajstić information content (AvgIpc) is 2.50. The topological polar surface area (TPSA) is 35.5 Å². The lowest BCUT2D eigenvalue weighted by Gasteiger charge is -2.35. The van der Waals surface area contributed by atoms with E-state index in [0.717, 1.165) is 24.1 Å². The van der Waals surface area contributed by atoms with Crippen molar-refractivity contribution in [3.8, 4) is 0 Å². The molecule has 0 radical (unpaired) electrons. The van der Waals surface area contributed by atoms with E-state index in [1.54, 1.807) is 0 Å². The third-order valence-electron chi connectivity index (χ3n) is 3.72. The highest BCUT2D eigenvalue weighted by atomic mass is 79.9. The van der Waals surface area contributed by atoms with Crippen molar-refractivity contribution in [2.45, 2.75) is 26.8 Å². The molecule has 106 valence electrons. The van der Waals surface area contributed by atoms with Crippen molar-refractivity contribution in [2.75, 3.05) is 31.1 Å². The number of hydrogen-bond acceptors (Lipinski definition) is 3. The molecule has 0 amide bonds. The van der Waals surface area contributed by atoms with Crippen LogP contribution in [0.1, 0.15) is 19.4 Å². The summed E-state index contributed by atoms with van der Waals surface area (Å²) in [5.41, 5.74) is 2.60. The quantitative estimate of drug-likeness (QED) is 0.876. The Morgan fingerprint density at radius 1 is 1.47 bits per heavy atom. The Balaban J connectivity index is 2.33. The van der Waals surface area contributed by atoms with Crippen LogP contribution < -0.4 is 10.2 Å². The van der Waals surface area contributed by atoms with Gasteiger partial charge in [0.05, 0.1) is 12.6 Å². The van der Waals surface area contributed by atoms with E-state index in [9.17, 15) is 5.11 Å². The Morgan fingerprint density at radius 3 is 2.84 bits per heavy atom. The molecule has 0 aromatic heterocycles. The van der Waals surface area contributed by atoms with Crippen molar-refractivity contribution in [2.24, 2.45) is 5.41 Å². The Labute approximate surface area is 124 Å². The van der Waals surface area contributed by atoms with Gasteiger partial charge in [0.2, 0.25) is 0 Å². The molecule has 4 heteroatoms. The monoisotopic (exact) mass is 326 g/mol. The number of nitrogens with zero attached hydrogens (tertiary/aromatic N) is 1. The van der Waals surface area contributed by atoms with Crippen molar-refractivity contribution in [3.05, 3.63) is 28.2 Å². The predicted octanol–water partition coefficient (Wildman–Crippen LogP) is 2.55. The predicted molar refractivity (Wildman–Crippen MR) is 83.7 cm³/mol. The van der Waals surface area contributed by atoms with Crippen LogP contribution in [0.25, 0.3) is 0 Å². The maximum atomic E-state index is 9.65. The van der Waals surface area contributed by atoms with Gasteiger partial charge in [-0.3, -0.25) is 0 Å². The van der Waals surface area contributed by atoms with Crippen molar-refractivity contribution in [1.29, 1.82) is 0 Å². The van der Waals surface area contributed by atoms with E-state index in [1.807, 2.05) is 0 Å². The lowest BCUT2D eigenvalue weighted by molar-refractivity contribution is 0.258. The molecule has 0 saturated carbocycles. The molecule has 2 N–H and O–H groups in total. The molecule has 2 rings (SSSR count).